The Bertz CT molecular complexity index is 729. The molecule has 1 fully saturated rings. The zero-order chi connectivity index (χ0) is 22.5. The predicted octanol–water partition coefficient (Wildman–Crippen LogP) is 3.80. The van der Waals surface area contributed by atoms with E-state index in [4.69, 9.17) is 21.1 Å². The van der Waals surface area contributed by atoms with Crippen molar-refractivity contribution in [2.45, 2.75) is 78.6 Å². The monoisotopic (exact) mass is 442 g/mol. The van der Waals surface area contributed by atoms with Gasteiger partial charge in [0.05, 0.1) is 24.4 Å². The molecule has 0 aromatic carbocycles. The second-order valence-corrected chi connectivity index (χ2v) is 9.45. The van der Waals surface area contributed by atoms with E-state index in [1.807, 2.05) is 27.7 Å². The Morgan fingerprint density at radius 1 is 1.37 bits per heavy atom. The molecule has 2 atom stereocenters. The Morgan fingerprint density at radius 3 is 2.63 bits per heavy atom. The van der Waals surface area contributed by atoms with E-state index in [0.29, 0.717) is 43.6 Å². The predicted molar refractivity (Wildman–Crippen MR) is 116 cm³/mol. The van der Waals surface area contributed by atoms with Crippen LogP contribution in [0.3, 0.4) is 0 Å². The minimum atomic E-state index is -0.564. The number of hydrogen-bond donors (Lipinski definition) is 2. The number of halogens is 1. The lowest BCUT2D eigenvalue weighted by Crippen LogP contribution is -2.57. The van der Waals surface area contributed by atoms with Gasteiger partial charge in [-0.25, -0.2) is 9.78 Å². The van der Waals surface area contributed by atoms with Gasteiger partial charge in [-0.05, 0) is 46.0 Å². The molecule has 0 radical (unpaired) electrons. The summed E-state index contributed by atoms with van der Waals surface area (Å²) in [5, 5.41) is 3.31. The van der Waals surface area contributed by atoms with Gasteiger partial charge in [-0.2, -0.15) is 0 Å². The molecule has 2 amide bonds. The summed E-state index contributed by atoms with van der Waals surface area (Å²) < 4.78 is 11.6. The number of H-pyrrole nitrogens is 1. The molecule has 0 unspecified atom stereocenters. The lowest BCUT2D eigenvalue weighted by Gasteiger charge is -2.39. The number of amides is 2. The van der Waals surface area contributed by atoms with E-state index in [0.717, 1.165) is 12.1 Å². The van der Waals surface area contributed by atoms with Gasteiger partial charge in [0.25, 0.3) is 5.91 Å². The molecule has 0 saturated carbocycles. The second-order valence-electron chi connectivity index (χ2n) is 9.10. The number of aromatic amines is 1. The molecule has 2 N–H and O–H groups in total. The molecule has 0 aliphatic carbocycles. The van der Waals surface area contributed by atoms with Gasteiger partial charge in [-0.15, -0.1) is 0 Å². The van der Waals surface area contributed by atoms with Crippen LogP contribution in [0.2, 0.25) is 5.15 Å². The largest absolute Gasteiger partial charge is 0.444 e. The van der Waals surface area contributed by atoms with Crippen LogP contribution in [0, 0.1) is 5.92 Å². The molecule has 0 spiro atoms. The normalized spacial score (nSPS) is 19.8. The summed E-state index contributed by atoms with van der Waals surface area (Å²) in [6, 6.07) is -0.239. The number of likely N-dealkylation sites (tertiary alicyclic amines) is 1. The van der Waals surface area contributed by atoms with Crippen LogP contribution in [0.1, 0.15) is 70.7 Å². The Morgan fingerprint density at radius 2 is 2.07 bits per heavy atom. The number of aromatic nitrogens is 2. The van der Waals surface area contributed by atoms with Crippen molar-refractivity contribution in [2.75, 3.05) is 19.7 Å². The van der Waals surface area contributed by atoms with Gasteiger partial charge in [-0.1, -0.05) is 32.4 Å². The molecule has 8 nitrogen and oxygen atoms in total. The summed E-state index contributed by atoms with van der Waals surface area (Å²) in [6.45, 7) is 13.1. The smallest absolute Gasteiger partial charge is 0.410 e. The van der Waals surface area contributed by atoms with Gasteiger partial charge in [0.2, 0.25) is 0 Å². The molecule has 1 aromatic heterocycles. The Kier molecular flexibility index (Phi) is 8.55. The van der Waals surface area contributed by atoms with E-state index in [1.54, 1.807) is 4.90 Å². The summed E-state index contributed by atoms with van der Waals surface area (Å²) in [6.07, 6.45) is 1.43. The number of carbonyl (C=O) groups is 2. The highest BCUT2D eigenvalue weighted by atomic mass is 35.5. The summed E-state index contributed by atoms with van der Waals surface area (Å²) in [7, 11) is 0. The van der Waals surface area contributed by atoms with E-state index in [-0.39, 0.29) is 30.0 Å². The number of nitrogens with one attached hydrogen (secondary N) is 2. The fraction of sp³-hybridized carbons (Fsp3) is 0.762. The van der Waals surface area contributed by atoms with Crippen LogP contribution < -0.4 is 5.32 Å². The van der Waals surface area contributed by atoms with E-state index in [9.17, 15) is 9.59 Å². The lowest BCUT2D eigenvalue weighted by molar-refractivity contribution is -0.0355. The zero-order valence-corrected chi connectivity index (χ0v) is 19.6. The maximum Gasteiger partial charge on any atom is 0.410 e. The first-order chi connectivity index (χ1) is 14.0. The highest BCUT2D eigenvalue weighted by Crippen LogP contribution is 2.20. The van der Waals surface area contributed by atoms with Gasteiger partial charge < -0.3 is 24.7 Å². The summed E-state index contributed by atoms with van der Waals surface area (Å²) >= 11 is 6.06. The van der Waals surface area contributed by atoms with Crippen LogP contribution in [0.5, 0.6) is 0 Å². The number of piperidine rings is 1. The van der Waals surface area contributed by atoms with Crippen molar-refractivity contribution < 1.29 is 19.1 Å². The Labute approximate surface area is 184 Å². The van der Waals surface area contributed by atoms with Crippen molar-refractivity contribution in [2.24, 2.45) is 5.92 Å². The number of aryl methyl sites for hydroxylation is 1. The summed E-state index contributed by atoms with van der Waals surface area (Å²) in [4.78, 5) is 33.9. The fourth-order valence-corrected chi connectivity index (χ4v) is 3.43. The van der Waals surface area contributed by atoms with Crippen LogP contribution >= 0.6 is 11.6 Å². The van der Waals surface area contributed by atoms with E-state index < -0.39 is 5.60 Å². The van der Waals surface area contributed by atoms with Crippen molar-refractivity contribution in [1.82, 2.24) is 20.2 Å². The second kappa shape index (κ2) is 10.5. The van der Waals surface area contributed by atoms with Crippen molar-refractivity contribution >= 4 is 23.6 Å². The number of ether oxygens (including phenoxy) is 2. The summed E-state index contributed by atoms with van der Waals surface area (Å²) in [5.41, 5.74) is 0.164. The maximum absolute atomic E-state index is 12.7. The minimum absolute atomic E-state index is 0.187. The summed E-state index contributed by atoms with van der Waals surface area (Å²) in [5.74, 6) is 0.360. The van der Waals surface area contributed by atoms with E-state index >= 15 is 0 Å². The third-order valence-electron chi connectivity index (χ3n) is 4.85. The quantitative estimate of drug-likeness (QED) is 0.669. The first-order valence-electron chi connectivity index (χ1n) is 10.6. The molecule has 30 heavy (non-hydrogen) atoms. The first-order valence-corrected chi connectivity index (χ1v) is 11.0. The number of carbonyl (C=O) groups excluding carboxylic acids is 2. The van der Waals surface area contributed by atoms with E-state index in [2.05, 4.69) is 29.1 Å². The molecular formula is C21H35ClN4O4. The van der Waals surface area contributed by atoms with Crippen molar-refractivity contribution in [3.8, 4) is 0 Å². The van der Waals surface area contributed by atoms with Crippen molar-refractivity contribution in [3.63, 3.8) is 0 Å². The van der Waals surface area contributed by atoms with Crippen LogP contribution in [0.15, 0.2) is 0 Å². The third-order valence-corrected chi connectivity index (χ3v) is 5.16. The lowest BCUT2D eigenvalue weighted by atomic mass is 10.0. The van der Waals surface area contributed by atoms with Crippen LogP contribution in [-0.4, -0.2) is 64.3 Å². The van der Waals surface area contributed by atoms with Crippen LogP contribution in [0.25, 0.3) is 0 Å². The molecular weight excluding hydrogens is 408 g/mol. The highest BCUT2D eigenvalue weighted by molar-refractivity contribution is 6.30. The van der Waals surface area contributed by atoms with Gasteiger partial charge in [0, 0.05) is 13.2 Å². The molecule has 1 saturated heterocycles. The molecule has 170 valence electrons. The van der Waals surface area contributed by atoms with Crippen LogP contribution in [-0.2, 0) is 15.9 Å². The van der Waals surface area contributed by atoms with Gasteiger partial charge in [0.15, 0.2) is 11.0 Å². The molecule has 2 heterocycles. The third kappa shape index (κ3) is 7.16. The first kappa shape index (κ1) is 24.5. The molecule has 2 rings (SSSR count). The van der Waals surface area contributed by atoms with Gasteiger partial charge >= 0.3 is 6.09 Å². The highest BCUT2D eigenvalue weighted by Gasteiger charge is 2.35. The number of hydrogen-bond acceptors (Lipinski definition) is 5. The fourth-order valence-electron chi connectivity index (χ4n) is 3.16. The minimum Gasteiger partial charge on any atom is -0.444 e. The zero-order valence-electron chi connectivity index (χ0n) is 18.9. The topological polar surface area (TPSA) is 96.6 Å². The molecule has 0 bridgehead atoms. The van der Waals surface area contributed by atoms with Crippen molar-refractivity contribution in [1.29, 1.82) is 0 Å². The van der Waals surface area contributed by atoms with Gasteiger partial charge in [0.1, 0.15) is 5.60 Å². The molecule has 9 heteroatoms. The average molecular weight is 443 g/mol. The number of rotatable bonds is 7. The standard InChI is InChI=1S/C21H35ClN4O4/c1-7-14-17(22)25-18(23-14)19(27)24-15-8-10-26(20(28)30-21(4,5)6)12-16(15)29-11-9-13(2)3/h13,15-16H,7-12H2,1-6H3,(H,23,25)(H,24,27)/t15-,16+/m1/s1. The maximum atomic E-state index is 12.7. The Balaban J connectivity index is 2.06. The molecule has 1 aliphatic heterocycles. The average Bonchev–Trinajstić information content (AvgIpc) is 3.02. The van der Waals surface area contributed by atoms with Gasteiger partial charge in [-0.3, -0.25) is 4.79 Å². The van der Waals surface area contributed by atoms with Crippen LogP contribution in [0.4, 0.5) is 4.79 Å². The SMILES string of the molecule is CCc1[nH]c(C(=O)N[C@@H]2CCN(C(=O)OC(C)(C)C)C[C@@H]2OCCC(C)C)nc1Cl. The molecule has 1 aromatic rings. The Hall–Kier alpha value is -1.80. The van der Waals surface area contributed by atoms with E-state index in [1.165, 1.54) is 0 Å². The number of nitrogens with zero attached hydrogens (tertiary/aromatic N) is 2. The molecule has 1 aliphatic rings. The number of imidazole rings is 1. The van der Waals surface area contributed by atoms with Crippen molar-refractivity contribution in [3.05, 3.63) is 16.7 Å².